The van der Waals surface area contributed by atoms with Gasteiger partial charge in [-0.3, -0.25) is 0 Å². The summed E-state index contributed by atoms with van der Waals surface area (Å²) in [5, 5.41) is 8.93. The lowest BCUT2D eigenvalue weighted by atomic mass is 10.0. The van der Waals surface area contributed by atoms with Crippen LogP contribution in [0.15, 0.2) is 65.7 Å². The topological polar surface area (TPSA) is 62.9 Å². The molecule has 0 bridgehead atoms. The van der Waals surface area contributed by atoms with Crippen molar-refractivity contribution in [1.29, 1.82) is 5.41 Å². The standard InChI is InChI=1S/C19H20N2O2S/c1-2-7-16(20)14-15-8-6-11-19-18(15)12-13-21(19)24(22,23)17-9-4-3-5-10-17/h3-6,8-13,20H,2,7,14H2,1H3. The molecular formula is C19H20N2O2S. The van der Waals surface area contributed by atoms with Crippen molar-refractivity contribution >= 4 is 26.6 Å². The predicted octanol–water partition coefficient (Wildman–Crippen LogP) is 4.24. The third-order valence-electron chi connectivity index (χ3n) is 4.04. The highest BCUT2D eigenvalue weighted by Crippen LogP contribution is 2.25. The second-order valence-corrected chi connectivity index (χ2v) is 7.62. The van der Waals surface area contributed by atoms with Gasteiger partial charge in [-0.05, 0) is 36.2 Å². The van der Waals surface area contributed by atoms with Crippen LogP contribution in [0, 0.1) is 5.41 Å². The van der Waals surface area contributed by atoms with Crippen LogP contribution in [-0.4, -0.2) is 18.1 Å². The number of nitrogens with one attached hydrogen (secondary N) is 1. The van der Waals surface area contributed by atoms with Crippen molar-refractivity contribution in [3.8, 4) is 0 Å². The highest BCUT2D eigenvalue weighted by molar-refractivity contribution is 7.90. The first-order valence-corrected chi connectivity index (χ1v) is 9.44. The lowest BCUT2D eigenvalue weighted by molar-refractivity contribution is 0.589. The van der Waals surface area contributed by atoms with E-state index >= 15 is 0 Å². The van der Waals surface area contributed by atoms with Crippen molar-refractivity contribution in [3.05, 3.63) is 66.4 Å². The zero-order valence-electron chi connectivity index (χ0n) is 13.6. The lowest BCUT2D eigenvalue weighted by Gasteiger charge is -2.09. The van der Waals surface area contributed by atoms with Gasteiger partial charge in [0.1, 0.15) is 0 Å². The van der Waals surface area contributed by atoms with E-state index in [9.17, 15) is 8.42 Å². The molecule has 0 aliphatic heterocycles. The van der Waals surface area contributed by atoms with Crippen LogP contribution < -0.4 is 0 Å². The van der Waals surface area contributed by atoms with Crippen LogP contribution in [0.2, 0.25) is 0 Å². The molecule has 3 rings (SSSR count). The van der Waals surface area contributed by atoms with Crippen molar-refractivity contribution < 1.29 is 8.42 Å². The molecule has 124 valence electrons. The van der Waals surface area contributed by atoms with Crippen molar-refractivity contribution in [2.24, 2.45) is 0 Å². The van der Waals surface area contributed by atoms with Crippen LogP contribution in [0.1, 0.15) is 25.3 Å². The Bertz CT molecular complexity index is 973. The number of hydrogen-bond acceptors (Lipinski definition) is 3. The van der Waals surface area contributed by atoms with Crippen LogP contribution in [0.3, 0.4) is 0 Å². The van der Waals surface area contributed by atoms with E-state index in [1.54, 1.807) is 36.5 Å². The number of benzene rings is 2. The number of rotatable bonds is 6. The van der Waals surface area contributed by atoms with E-state index in [0.29, 0.717) is 17.6 Å². The van der Waals surface area contributed by atoms with Gasteiger partial charge < -0.3 is 5.41 Å². The van der Waals surface area contributed by atoms with Gasteiger partial charge in [0.25, 0.3) is 10.0 Å². The maximum atomic E-state index is 12.9. The van der Waals surface area contributed by atoms with Crippen LogP contribution in [-0.2, 0) is 16.4 Å². The summed E-state index contributed by atoms with van der Waals surface area (Å²) in [6, 6.07) is 15.9. The van der Waals surface area contributed by atoms with Crippen molar-refractivity contribution in [2.75, 3.05) is 0 Å². The molecule has 1 aromatic heterocycles. The summed E-state index contributed by atoms with van der Waals surface area (Å²) < 4.78 is 27.1. The van der Waals surface area contributed by atoms with E-state index in [2.05, 4.69) is 6.92 Å². The van der Waals surface area contributed by atoms with Crippen LogP contribution >= 0.6 is 0 Å². The van der Waals surface area contributed by atoms with Crippen LogP contribution in [0.5, 0.6) is 0 Å². The molecule has 0 saturated heterocycles. The van der Waals surface area contributed by atoms with E-state index in [-0.39, 0.29) is 4.90 Å². The molecule has 5 heteroatoms. The van der Waals surface area contributed by atoms with Gasteiger partial charge in [0.05, 0.1) is 10.4 Å². The van der Waals surface area contributed by atoms with E-state index in [4.69, 9.17) is 5.41 Å². The Morgan fingerprint density at radius 1 is 1.04 bits per heavy atom. The minimum Gasteiger partial charge on any atom is -0.309 e. The zero-order valence-corrected chi connectivity index (χ0v) is 14.4. The monoisotopic (exact) mass is 340 g/mol. The SMILES string of the molecule is CCCC(=N)Cc1cccc2c1ccn2S(=O)(=O)c1ccccc1. The largest absolute Gasteiger partial charge is 0.309 e. The molecule has 0 fully saturated rings. The smallest absolute Gasteiger partial charge is 0.268 e. The van der Waals surface area contributed by atoms with Gasteiger partial charge in [-0.25, -0.2) is 12.4 Å². The summed E-state index contributed by atoms with van der Waals surface area (Å²) in [7, 11) is -3.61. The predicted molar refractivity (Wildman–Crippen MR) is 97.3 cm³/mol. The number of fused-ring (bicyclic) bond motifs is 1. The van der Waals surface area contributed by atoms with Gasteiger partial charge in [0.15, 0.2) is 0 Å². The molecule has 24 heavy (non-hydrogen) atoms. The summed E-state index contributed by atoms with van der Waals surface area (Å²) in [5.41, 5.74) is 2.32. The third-order valence-corrected chi connectivity index (χ3v) is 5.75. The van der Waals surface area contributed by atoms with Crippen LogP contribution in [0.25, 0.3) is 10.9 Å². The molecule has 0 spiro atoms. The maximum Gasteiger partial charge on any atom is 0.268 e. The van der Waals surface area contributed by atoms with Gasteiger partial charge >= 0.3 is 0 Å². The van der Waals surface area contributed by atoms with E-state index in [1.165, 1.54) is 3.97 Å². The Morgan fingerprint density at radius 2 is 1.79 bits per heavy atom. The Hall–Kier alpha value is -2.40. The summed E-state index contributed by atoms with van der Waals surface area (Å²) >= 11 is 0. The van der Waals surface area contributed by atoms with Gasteiger partial charge in [-0.1, -0.05) is 43.7 Å². The van der Waals surface area contributed by atoms with E-state index in [1.807, 2.05) is 24.3 Å². The van der Waals surface area contributed by atoms with Gasteiger partial charge in [-0.15, -0.1) is 0 Å². The zero-order chi connectivity index (χ0) is 17.2. The molecule has 0 atom stereocenters. The second kappa shape index (κ2) is 6.61. The Morgan fingerprint density at radius 3 is 2.50 bits per heavy atom. The van der Waals surface area contributed by atoms with Crippen molar-refractivity contribution in [2.45, 2.75) is 31.1 Å². The molecule has 0 amide bonds. The first-order chi connectivity index (χ1) is 11.5. The minimum atomic E-state index is -3.61. The summed E-state index contributed by atoms with van der Waals surface area (Å²) in [6.07, 6.45) is 3.86. The first kappa shape index (κ1) is 16.5. The molecule has 0 saturated carbocycles. The molecule has 2 aromatic carbocycles. The molecule has 0 unspecified atom stereocenters. The highest BCUT2D eigenvalue weighted by Gasteiger charge is 2.19. The molecule has 3 aromatic rings. The fourth-order valence-corrected chi connectivity index (χ4v) is 4.26. The molecule has 1 heterocycles. The van der Waals surface area contributed by atoms with Gasteiger partial charge in [0.2, 0.25) is 0 Å². The Kier molecular flexibility index (Phi) is 4.53. The minimum absolute atomic E-state index is 0.270. The summed E-state index contributed by atoms with van der Waals surface area (Å²) in [6.45, 7) is 2.05. The lowest BCUT2D eigenvalue weighted by Crippen LogP contribution is -2.11. The van der Waals surface area contributed by atoms with E-state index < -0.39 is 10.0 Å². The fourth-order valence-electron chi connectivity index (χ4n) is 2.90. The Labute approximate surface area is 142 Å². The molecule has 1 N–H and O–H groups in total. The quantitative estimate of drug-likeness (QED) is 0.682. The average molecular weight is 340 g/mol. The molecular weight excluding hydrogens is 320 g/mol. The van der Waals surface area contributed by atoms with Gasteiger partial charge in [0, 0.05) is 23.7 Å². The number of nitrogens with zero attached hydrogens (tertiary/aromatic N) is 1. The molecule has 0 radical (unpaired) electrons. The van der Waals surface area contributed by atoms with Crippen molar-refractivity contribution in [3.63, 3.8) is 0 Å². The van der Waals surface area contributed by atoms with E-state index in [0.717, 1.165) is 23.8 Å². The maximum absolute atomic E-state index is 12.9. The number of hydrogen-bond donors (Lipinski definition) is 1. The fraction of sp³-hybridized carbons (Fsp3) is 0.211. The highest BCUT2D eigenvalue weighted by atomic mass is 32.2. The number of aromatic nitrogens is 1. The van der Waals surface area contributed by atoms with Gasteiger partial charge in [-0.2, -0.15) is 0 Å². The summed E-state index contributed by atoms with van der Waals surface area (Å²) in [5.74, 6) is 0. The second-order valence-electron chi connectivity index (χ2n) is 5.81. The average Bonchev–Trinajstić information content (AvgIpc) is 3.02. The molecule has 0 aliphatic carbocycles. The Balaban J connectivity index is 2.08. The third kappa shape index (κ3) is 2.99. The first-order valence-electron chi connectivity index (χ1n) is 8.00. The van der Waals surface area contributed by atoms with Crippen molar-refractivity contribution in [1.82, 2.24) is 3.97 Å². The molecule has 4 nitrogen and oxygen atoms in total. The summed E-state index contributed by atoms with van der Waals surface area (Å²) in [4.78, 5) is 0.270. The normalized spacial score (nSPS) is 11.7. The molecule has 0 aliphatic rings. The van der Waals surface area contributed by atoms with Crippen LogP contribution in [0.4, 0.5) is 0 Å².